The number of nitrogens with zero attached hydrogens (tertiary/aromatic N) is 7. The molecule has 0 saturated heterocycles. The van der Waals surface area contributed by atoms with Crippen LogP contribution in [0.25, 0.3) is 38.9 Å². The Morgan fingerprint density at radius 3 is 2.79 bits per heavy atom. The summed E-state index contributed by atoms with van der Waals surface area (Å²) in [7, 11) is 4.15. The third-order valence-electron chi connectivity index (χ3n) is 4.75. The van der Waals surface area contributed by atoms with Crippen LogP contribution >= 0.6 is 0 Å². The summed E-state index contributed by atoms with van der Waals surface area (Å²) in [6, 6.07) is 12.8. The zero-order valence-corrected chi connectivity index (χ0v) is 15.5. The Kier molecular flexibility index (Phi) is 3.84. The fourth-order valence-electron chi connectivity index (χ4n) is 3.57. The van der Waals surface area contributed by atoms with Crippen LogP contribution < -0.4 is 0 Å². The molecule has 0 spiro atoms. The minimum absolute atomic E-state index is 0.550. The lowest BCUT2D eigenvalue weighted by atomic mass is 9.94. The van der Waals surface area contributed by atoms with E-state index in [0.717, 1.165) is 17.7 Å². The van der Waals surface area contributed by atoms with Crippen molar-refractivity contribution in [1.29, 1.82) is 0 Å². The number of nitrogens with one attached hydrogen (secondary N) is 1. The molecule has 0 aliphatic carbocycles. The lowest BCUT2D eigenvalue weighted by Gasteiger charge is -2.17. The molecule has 0 radical (unpaired) electrons. The Labute approximate surface area is 160 Å². The number of fused-ring (bicyclic) bond motifs is 2. The molecule has 0 aliphatic heterocycles. The molecule has 0 bridgehead atoms. The van der Waals surface area contributed by atoms with Crippen molar-refractivity contribution in [3.8, 4) is 22.5 Å². The van der Waals surface area contributed by atoms with E-state index in [4.69, 9.17) is 0 Å². The van der Waals surface area contributed by atoms with Gasteiger partial charge in [0.05, 0.1) is 11.8 Å². The van der Waals surface area contributed by atoms with Crippen molar-refractivity contribution >= 4 is 16.4 Å². The van der Waals surface area contributed by atoms with Crippen LogP contribution in [0.5, 0.6) is 0 Å². The summed E-state index contributed by atoms with van der Waals surface area (Å²) in [6.07, 6.45) is 5.62. The van der Waals surface area contributed by atoms with E-state index in [-0.39, 0.29) is 0 Å². The molecular weight excluding hydrogens is 352 g/mol. The number of hydrogen-bond donors (Lipinski definition) is 1. The van der Waals surface area contributed by atoms with Crippen molar-refractivity contribution in [2.45, 2.75) is 6.54 Å². The van der Waals surface area contributed by atoms with Gasteiger partial charge in [-0.05, 0) is 46.4 Å². The third-order valence-corrected chi connectivity index (χ3v) is 4.75. The molecule has 3 heterocycles. The van der Waals surface area contributed by atoms with Gasteiger partial charge in [-0.1, -0.05) is 36.4 Å². The van der Waals surface area contributed by atoms with Crippen molar-refractivity contribution in [1.82, 2.24) is 40.1 Å². The summed E-state index contributed by atoms with van der Waals surface area (Å²) < 4.78 is 1.77. The molecule has 8 heteroatoms. The molecule has 5 rings (SSSR count). The molecule has 0 atom stereocenters. The SMILES string of the molecule is CN(C)Cc1ccc2ccccc2c1-c1cnc2c(-c3nnn[nH]3)cnn2c1. The van der Waals surface area contributed by atoms with Gasteiger partial charge >= 0.3 is 0 Å². The zero-order chi connectivity index (χ0) is 19.1. The number of H-pyrrole nitrogens is 1. The smallest absolute Gasteiger partial charge is 0.184 e. The number of benzene rings is 2. The molecule has 8 nitrogen and oxygen atoms in total. The van der Waals surface area contributed by atoms with Crippen LogP contribution in [-0.4, -0.2) is 54.2 Å². The minimum Gasteiger partial charge on any atom is -0.305 e. The lowest BCUT2D eigenvalue weighted by Crippen LogP contribution is -2.11. The molecular formula is C20H18N8. The number of hydrogen-bond acceptors (Lipinski definition) is 6. The monoisotopic (exact) mass is 370 g/mol. The van der Waals surface area contributed by atoms with Gasteiger partial charge in [0.15, 0.2) is 11.5 Å². The fraction of sp³-hybridized carbons (Fsp3) is 0.150. The van der Waals surface area contributed by atoms with E-state index < -0.39 is 0 Å². The highest BCUT2D eigenvalue weighted by molar-refractivity contribution is 5.98. The Morgan fingerprint density at radius 1 is 1.07 bits per heavy atom. The van der Waals surface area contributed by atoms with Crippen molar-refractivity contribution in [3.63, 3.8) is 0 Å². The van der Waals surface area contributed by atoms with Crippen LogP contribution in [0.1, 0.15) is 5.56 Å². The van der Waals surface area contributed by atoms with Gasteiger partial charge in [0.25, 0.3) is 0 Å². The van der Waals surface area contributed by atoms with Crippen LogP contribution in [0.2, 0.25) is 0 Å². The summed E-state index contributed by atoms with van der Waals surface area (Å²) in [5.41, 5.74) is 4.92. The standard InChI is InChI=1S/C20H18N8/c1-27(2)11-14-8-7-13-5-3-4-6-16(13)18(14)15-9-21-20-17(10-22-28(20)12-15)19-23-25-26-24-19/h3-10,12H,11H2,1-2H3,(H,23,24,25,26). The normalized spacial score (nSPS) is 11.7. The van der Waals surface area contributed by atoms with Crippen LogP contribution in [0, 0.1) is 0 Å². The molecule has 0 unspecified atom stereocenters. The Hall–Kier alpha value is -3.65. The molecule has 0 saturated carbocycles. The highest BCUT2D eigenvalue weighted by Gasteiger charge is 2.15. The summed E-state index contributed by atoms with van der Waals surface area (Å²) in [5, 5.41) is 20.9. The summed E-state index contributed by atoms with van der Waals surface area (Å²) in [4.78, 5) is 6.84. The maximum atomic E-state index is 4.67. The second kappa shape index (κ2) is 6.50. The van der Waals surface area contributed by atoms with Gasteiger partial charge < -0.3 is 4.90 Å². The van der Waals surface area contributed by atoms with Crippen LogP contribution in [0.15, 0.2) is 55.0 Å². The first-order chi connectivity index (χ1) is 13.7. The van der Waals surface area contributed by atoms with Crippen molar-refractivity contribution in [2.75, 3.05) is 14.1 Å². The first-order valence-corrected chi connectivity index (χ1v) is 8.94. The van der Waals surface area contributed by atoms with Crippen molar-refractivity contribution in [3.05, 3.63) is 60.6 Å². The van der Waals surface area contributed by atoms with Gasteiger partial charge in [0.2, 0.25) is 0 Å². The molecule has 3 aromatic heterocycles. The van der Waals surface area contributed by atoms with Crippen LogP contribution in [0.4, 0.5) is 0 Å². The Balaban J connectivity index is 1.72. The molecule has 5 aromatic rings. The maximum absolute atomic E-state index is 4.67. The largest absolute Gasteiger partial charge is 0.305 e. The van der Waals surface area contributed by atoms with Crippen LogP contribution in [0.3, 0.4) is 0 Å². The van der Waals surface area contributed by atoms with E-state index in [9.17, 15) is 0 Å². The molecule has 0 aliphatic rings. The Bertz CT molecular complexity index is 1270. The number of rotatable bonds is 4. The van der Waals surface area contributed by atoms with E-state index in [1.165, 1.54) is 21.9 Å². The lowest BCUT2D eigenvalue weighted by molar-refractivity contribution is 0.403. The second-order valence-corrected chi connectivity index (χ2v) is 6.98. The van der Waals surface area contributed by atoms with Crippen LogP contribution in [-0.2, 0) is 6.54 Å². The number of aromatic nitrogens is 7. The predicted molar refractivity (Wildman–Crippen MR) is 106 cm³/mol. The third kappa shape index (κ3) is 2.71. The molecule has 1 N–H and O–H groups in total. The highest BCUT2D eigenvalue weighted by Crippen LogP contribution is 2.33. The van der Waals surface area contributed by atoms with Crippen molar-refractivity contribution in [2.24, 2.45) is 0 Å². The first-order valence-electron chi connectivity index (χ1n) is 8.94. The van der Waals surface area contributed by atoms with E-state index in [2.05, 4.69) is 86.1 Å². The van der Waals surface area contributed by atoms with Gasteiger partial charge in [0, 0.05) is 24.5 Å². The topological polar surface area (TPSA) is 87.9 Å². The zero-order valence-electron chi connectivity index (χ0n) is 15.5. The van der Waals surface area contributed by atoms with Crippen molar-refractivity contribution < 1.29 is 0 Å². The molecule has 0 amide bonds. The predicted octanol–water partition coefficient (Wildman–Crippen LogP) is 2.79. The molecule has 2 aromatic carbocycles. The van der Waals surface area contributed by atoms with Gasteiger partial charge in [0.1, 0.15) is 0 Å². The highest BCUT2D eigenvalue weighted by atomic mass is 15.5. The fourth-order valence-corrected chi connectivity index (χ4v) is 3.57. The Morgan fingerprint density at radius 2 is 1.96 bits per heavy atom. The molecule has 138 valence electrons. The van der Waals surface area contributed by atoms with Gasteiger partial charge in [-0.3, -0.25) is 0 Å². The quantitative estimate of drug-likeness (QED) is 0.523. The second-order valence-electron chi connectivity index (χ2n) is 6.98. The van der Waals surface area contributed by atoms with E-state index >= 15 is 0 Å². The average Bonchev–Trinajstić information content (AvgIpc) is 3.36. The number of aromatic amines is 1. The van der Waals surface area contributed by atoms with E-state index in [1.807, 2.05) is 12.4 Å². The van der Waals surface area contributed by atoms with Gasteiger partial charge in [-0.2, -0.15) is 5.10 Å². The first kappa shape index (κ1) is 16.5. The average molecular weight is 370 g/mol. The number of tetrazole rings is 1. The maximum Gasteiger partial charge on any atom is 0.184 e. The summed E-state index contributed by atoms with van der Waals surface area (Å²) >= 11 is 0. The minimum atomic E-state index is 0.550. The molecule has 0 fully saturated rings. The van der Waals surface area contributed by atoms with Gasteiger partial charge in [-0.25, -0.2) is 14.6 Å². The van der Waals surface area contributed by atoms with Gasteiger partial charge in [-0.15, -0.1) is 5.10 Å². The summed E-state index contributed by atoms with van der Waals surface area (Å²) in [5.74, 6) is 0.550. The molecule has 28 heavy (non-hydrogen) atoms. The van der Waals surface area contributed by atoms with E-state index in [1.54, 1.807) is 10.7 Å². The van der Waals surface area contributed by atoms with E-state index in [0.29, 0.717) is 11.5 Å². The summed E-state index contributed by atoms with van der Waals surface area (Å²) in [6.45, 7) is 0.840.